The van der Waals surface area contributed by atoms with Crippen LogP contribution in [-0.2, 0) is 6.54 Å². The van der Waals surface area contributed by atoms with Crippen molar-refractivity contribution in [3.63, 3.8) is 0 Å². The zero-order chi connectivity index (χ0) is 13.9. The summed E-state index contributed by atoms with van der Waals surface area (Å²) in [6.45, 7) is 5.30. The van der Waals surface area contributed by atoms with Gasteiger partial charge in [0.05, 0.1) is 5.69 Å². The molecule has 1 unspecified atom stereocenters. The van der Waals surface area contributed by atoms with Gasteiger partial charge in [-0.25, -0.2) is 4.98 Å². The Balaban J connectivity index is 1.63. The van der Waals surface area contributed by atoms with Crippen molar-refractivity contribution in [1.29, 1.82) is 0 Å². The van der Waals surface area contributed by atoms with Gasteiger partial charge in [0.15, 0.2) is 0 Å². The number of aryl methyl sites for hydroxylation is 1. The molecular weight excluding hydrogens is 248 g/mol. The minimum atomic E-state index is 0.646. The van der Waals surface area contributed by atoms with E-state index >= 15 is 0 Å². The summed E-state index contributed by atoms with van der Waals surface area (Å²) < 4.78 is 2.12. The van der Waals surface area contributed by atoms with Gasteiger partial charge in [0.2, 0.25) is 0 Å². The molecule has 1 aliphatic heterocycles. The van der Waals surface area contributed by atoms with Crippen LogP contribution in [0.2, 0.25) is 0 Å². The van der Waals surface area contributed by atoms with Crippen LogP contribution in [0.5, 0.6) is 0 Å². The first-order valence-electron chi connectivity index (χ1n) is 7.57. The lowest BCUT2D eigenvalue weighted by molar-refractivity contribution is 0.255. The molecule has 3 heterocycles. The van der Waals surface area contributed by atoms with E-state index in [1.54, 1.807) is 0 Å². The fraction of sp³-hybridized carbons (Fsp3) is 0.562. The molecule has 3 rings (SSSR count). The molecule has 1 atom stereocenters. The van der Waals surface area contributed by atoms with Crippen molar-refractivity contribution in [2.45, 2.75) is 38.8 Å². The Hall–Kier alpha value is -1.39. The van der Waals surface area contributed by atoms with Crippen LogP contribution in [0, 0.1) is 6.92 Å². The molecule has 20 heavy (non-hydrogen) atoms. The van der Waals surface area contributed by atoms with E-state index in [-0.39, 0.29) is 0 Å². The van der Waals surface area contributed by atoms with Gasteiger partial charge in [0.1, 0.15) is 5.65 Å². The van der Waals surface area contributed by atoms with Gasteiger partial charge in [-0.3, -0.25) is 4.90 Å². The van der Waals surface area contributed by atoms with E-state index in [1.807, 2.05) is 0 Å². The molecule has 0 radical (unpaired) electrons. The highest BCUT2D eigenvalue weighted by molar-refractivity contribution is 5.41. The van der Waals surface area contributed by atoms with Gasteiger partial charge >= 0.3 is 0 Å². The van der Waals surface area contributed by atoms with E-state index in [9.17, 15) is 0 Å². The first-order chi connectivity index (χ1) is 9.70. The van der Waals surface area contributed by atoms with Gasteiger partial charge in [-0.2, -0.15) is 0 Å². The van der Waals surface area contributed by atoms with Crippen molar-refractivity contribution in [2.24, 2.45) is 0 Å². The van der Waals surface area contributed by atoms with Crippen LogP contribution >= 0.6 is 0 Å². The number of nitrogens with zero attached hydrogens (tertiary/aromatic N) is 3. The number of hydrogen-bond acceptors (Lipinski definition) is 3. The van der Waals surface area contributed by atoms with E-state index < -0.39 is 0 Å². The van der Waals surface area contributed by atoms with Gasteiger partial charge in [-0.05, 0) is 45.0 Å². The highest BCUT2D eigenvalue weighted by atomic mass is 15.1. The first-order valence-corrected chi connectivity index (χ1v) is 7.57. The summed E-state index contributed by atoms with van der Waals surface area (Å²) >= 11 is 0. The molecule has 2 aromatic rings. The van der Waals surface area contributed by atoms with Gasteiger partial charge < -0.3 is 9.72 Å². The SMILES string of the molecule is Cc1ccc2nc(CN(C)CC3CCCCN3)cn2c1. The topological polar surface area (TPSA) is 32.6 Å². The van der Waals surface area contributed by atoms with Crippen molar-refractivity contribution in [2.75, 3.05) is 20.1 Å². The van der Waals surface area contributed by atoms with Crippen LogP contribution in [0.4, 0.5) is 0 Å². The molecule has 0 aromatic carbocycles. The number of likely N-dealkylation sites (N-methyl/N-ethyl adjacent to an activating group) is 1. The number of nitrogens with one attached hydrogen (secondary N) is 1. The summed E-state index contributed by atoms with van der Waals surface area (Å²) in [5, 5.41) is 3.60. The normalized spacial score (nSPS) is 19.9. The Morgan fingerprint density at radius 3 is 3.05 bits per heavy atom. The number of imidazole rings is 1. The third kappa shape index (κ3) is 3.19. The second-order valence-electron chi connectivity index (χ2n) is 6.05. The first kappa shape index (κ1) is 13.6. The monoisotopic (exact) mass is 272 g/mol. The van der Waals surface area contributed by atoms with E-state index in [0.29, 0.717) is 6.04 Å². The molecule has 0 aliphatic carbocycles. The second kappa shape index (κ2) is 5.94. The maximum atomic E-state index is 4.69. The Bertz CT molecular complexity index is 569. The highest BCUT2D eigenvalue weighted by Gasteiger charge is 2.15. The van der Waals surface area contributed by atoms with Crippen molar-refractivity contribution >= 4 is 5.65 Å². The standard InChI is InChI=1S/C16H24N4/c1-13-6-7-16-18-15(12-20(16)9-13)11-19(2)10-14-5-3-4-8-17-14/h6-7,9,12,14,17H,3-5,8,10-11H2,1-2H3. The van der Waals surface area contributed by atoms with Gasteiger partial charge in [0, 0.05) is 31.5 Å². The lowest BCUT2D eigenvalue weighted by atomic mass is 10.0. The molecule has 1 N–H and O–H groups in total. The minimum Gasteiger partial charge on any atom is -0.313 e. The van der Waals surface area contributed by atoms with Gasteiger partial charge in [-0.15, -0.1) is 0 Å². The smallest absolute Gasteiger partial charge is 0.137 e. The summed E-state index contributed by atoms with van der Waals surface area (Å²) in [4.78, 5) is 7.06. The van der Waals surface area contributed by atoms with Crippen molar-refractivity contribution in [3.05, 3.63) is 35.8 Å². The van der Waals surface area contributed by atoms with Crippen LogP contribution in [0.15, 0.2) is 24.5 Å². The quantitative estimate of drug-likeness (QED) is 0.926. The predicted molar refractivity (Wildman–Crippen MR) is 81.9 cm³/mol. The average Bonchev–Trinajstić information content (AvgIpc) is 2.80. The molecule has 0 spiro atoms. The fourth-order valence-corrected chi connectivity index (χ4v) is 3.03. The molecular formula is C16H24N4. The number of aromatic nitrogens is 2. The molecule has 4 nitrogen and oxygen atoms in total. The molecule has 108 valence electrons. The van der Waals surface area contributed by atoms with Crippen molar-refractivity contribution in [1.82, 2.24) is 19.6 Å². The number of pyridine rings is 1. The van der Waals surface area contributed by atoms with E-state index in [4.69, 9.17) is 0 Å². The van der Waals surface area contributed by atoms with Crippen LogP contribution in [0.25, 0.3) is 5.65 Å². The Morgan fingerprint density at radius 1 is 1.35 bits per heavy atom. The molecule has 0 saturated carbocycles. The molecule has 1 aliphatic rings. The molecule has 2 aromatic heterocycles. The largest absolute Gasteiger partial charge is 0.313 e. The van der Waals surface area contributed by atoms with E-state index in [0.717, 1.165) is 24.4 Å². The lowest BCUT2D eigenvalue weighted by Crippen LogP contribution is -2.42. The summed E-state index contributed by atoms with van der Waals surface area (Å²) in [6.07, 6.45) is 8.27. The van der Waals surface area contributed by atoms with Crippen LogP contribution in [0.3, 0.4) is 0 Å². The van der Waals surface area contributed by atoms with Crippen molar-refractivity contribution < 1.29 is 0 Å². The fourth-order valence-electron chi connectivity index (χ4n) is 3.03. The highest BCUT2D eigenvalue weighted by Crippen LogP contribution is 2.11. The maximum absolute atomic E-state index is 4.69. The Labute approximate surface area is 120 Å². The third-order valence-corrected chi connectivity index (χ3v) is 4.03. The molecule has 4 heteroatoms. The van der Waals surface area contributed by atoms with Gasteiger partial charge in [0.25, 0.3) is 0 Å². The van der Waals surface area contributed by atoms with Gasteiger partial charge in [-0.1, -0.05) is 12.5 Å². The molecule has 1 fully saturated rings. The summed E-state index contributed by atoms with van der Waals surface area (Å²) in [5.41, 5.74) is 3.45. The molecule has 1 saturated heterocycles. The van der Waals surface area contributed by atoms with Crippen molar-refractivity contribution in [3.8, 4) is 0 Å². The zero-order valence-corrected chi connectivity index (χ0v) is 12.5. The zero-order valence-electron chi connectivity index (χ0n) is 12.5. The summed E-state index contributed by atoms with van der Waals surface area (Å²) in [5.74, 6) is 0. The summed E-state index contributed by atoms with van der Waals surface area (Å²) in [6, 6.07) is 4.84. The predicted octanol–water partition coefficient (Wildman–Crippen LogP) is 2.22. The number of piperidine rings is 1. The Kier molecular flexibility index (Phi) is 4.03. The number of rotatable bonds is 4. The average molecular weight is 272 g/mol. The van der Waals surface area contributed by atoms with Crippen LogP contribution in [-0.4, -0.2) is 40.5 Å². The second-order valence-corrected chi connectivity index (χ2v) is 6.05. The maximum Gasteiger partial charge on any atom is 0.137 e. The number of fused-ring (bicyclic) bond motifs is 1. The summed E-state index contributed by atoms with van der Waals surface area (Å²) in [7, 11) is 2.19. The molecule has 0 amide bonds. The van der Waals surface area contributed by atoms with Crippen LogP contribution < -0.4 is 5.32 Å². The van der Waals surface area contributed by atoms with E-state index in [1.165, 1.54) is 31.4 Å². The Morgan fingerprint density at radius 2 is 2.25 bits per heavy atom. The minimum absolute atomic E-state index is 0.646. The molecule has 0 bridgehead atoms. The lowest BCUT2D eigenvalue weighted by Gasteiger charge is -2.27. The third-order valence-electron chi connectivity index (χ3n) is 4.03. The van der Waals surface area contributed by atoms with E-state index in [2.05, 4.69) is 58.1 Å². The van der Waals surface area contributed by atoms with Crippen LogP contribution in [0.1, 0.15) is 30.5 Å². The number of hydrogen-bond donors (Lipinski definition) is 1.